The van der Waals surface area contributed by atoms with E-state index in [1.54, 1.807) is 6.20 Å². The van der Waals surface area contributed by atoms with Crippen molar-refractivity contribution in [2.45, 2.75) is 13.0 Å². The Kier molecular flexibility index (Phi) is 4.53. The fourth-order valence-corrected chi connectivity index (χ4v) is 1.72. The van der Waals surface area contributed by atoms with Crippen LogP contribution in [0.4, 0.5) is 0 Å². The number of hydrogen-bond donors (Lipinski definition) is 2. The van der Waals surface area contributed by atoms with Gasteiger partial charge in [-0.2, -0.15) is 0 Å². The number of halogens is 1. The van der Waals surface area contributed by atoms with Crippen LogP contribution in [0.25, 0.3) is 0 Å². The minimum absolute atomic E-state index is 0.728. The van der Waals surface area contributed by atoms with E-state index >= 15 is 0 Å². The smallest absolute Gasteiger partial charge is 0.113 e. The average molecular weight is 206 g/mol. The zero-order valence-electron chi connectivity index (χ0n) is 6.72. The molecule has 1 aromatic heterocycles. The van der Waals surface area contributed by atoms with Gasteiger partial charge in [0.25, 0.3) is 0 Å². The van der Waals surface area contributed by atoms with Crippen LogP contribution in [-0.2, 0) is 6.54 Å². The summed E-state index contributed by atoms with van der Waals surface area (Å²) in [6.45, 7) is 2.46. The summed E-state index contributed by atoms with van der Waals surface area (Å²) in [5.74, 6) is 0. The molecule has 0 spiro atoms. The maximum Gasteiger partial charge on any atom is 0.113 e. The minimum Gasteiger partial charge on any atom is -0.330 e. The second-order valence-corrected chi connectivity index (χ2v) is 4.12. The van der Waals surface area contributed by atoms with Crippen molar-refractivity contribution in [3.63, 3.8) is 0 Å². The van der Waals surface area contributed by atoms with Crippen molar-refractivity contribution < 1.29 is 0 Å². The molecule has 0 aromatic carbocycles. The van der Waals surface area contributed by atoms with E-state index in [4.69, 9.17) is 17.3 Å². The molecule has 1 rings (SSSR count). The van der Waals surface area contributed by atoms with Gasteiger partial charge >= 0.3 is 0 Å². The summed E-state index contributed by atoms with van der Waals surface area (Å²) >= 11 is 7.22. The molecule has 0 saturated heterocycles. The van der Waals surface area contributed by atoms with E-state index in [1.165, 1.54) is 11.3 Å². The fourth-order valence-electron chi connectivity index (χ4n) is 0.792. The normalized spacial score (nSPS) is 10.5. The van der Waals surface area contributed by atoms with E-state index in [2.05, 4.69) is 10.3 Å². The monoisotopic (exact) mass is 205 g/mol. The van der Waals surface area contributed by atoms with Gasteiger partial charge < -0.3 is 11.1 Å². The Morgan fingerprint density at radius 3 is 3.08 bits per heavy atom. The molecule has 1 aromatic rings. The van der Waals surface area contributed by atoms with Gasteiger partial charge in [0, 0.05) is 6.54 Å². The molecule has 12 heavy (non-hydrogen) atoms. The number of rotatable bonds is 5. The van der Waals surface area contributed by atoms with Crippen LogP contribution >= 0.6 is 22.9 Å². The van der Waals surface area contributed by atoms with Gasteiger partial charge in [-0.25, -0.2) is 4.98 Å². The molecule has 68 valence electrons. The number of nitrogens with two attached hydrogens (primary N) is 1. The highest BCUT2D eigenvalue weighted by molar-refractivity contribution is 7.15. The van der Waals surface area contributed by atoms with E-state index in [-0.39, 0.29) is 0 Å². The predicted molar refractivity (Wildman–Crippen MR) is 52.5 cm³/mol. The van der Waals surface area contributed by atoms with Crippen LogP contribution in [0, 0.1) is 0 Å². The van der Waals surface area contributed by atoms with Crippen LogP contribution in [0.5, 0.6) is 0 Å². The molecule has 0 fully saturated rings. The van der Waals surface area contributed by atoms with E-state index in [0.717, 1.165) is 35.4 Å². The lowest BCUT2D eigenvalue weighted by Gasteiger charge is -1.98. The molecule has 0 aliphatic rings. The standard InChI is InChI=1S/C7H12ClN3S/c8-6-4-11-7(12-6)5-10-3-1-2-9/h4,10H,1-3,5,9H2. The maximum absolute atomic E-state index is 5.71. The molecule has 0 aliphatic heterocycles. The van der Waals surface area contributed by atoms with Gasteiger partial charge in [0.15, 0.2) is 0 Å². The molecule has 0 bridgehead atoms. The lowest BCUT2D eigenvalue weighted by Crippen LogP contribution is -2.17. The largest absolute Gasteiger partial charge is 0.330 e. The van der Waals surface area contributed by atoms with Crippen molar-refractivity contribution in [2.75, 3.05) is 13.1 Å². The van der Waals surface area contributed by atoms with Gasteiger partial charge in [-0.3, -0.25) is 0 Å². The SMILES string of the molecule is NCCCNCc1ncc(Cl)s1. The number of nitrogens with one attached hydrogen (secondary N) is 1. The first-order chi connectivity index (χ1) is 5.83. The lowest BCUT2D eigenvalue weighted by molar-refractivity contribution is 0.653. The van der Waals surface area contributed by atoms with Crippen LogP contribution in [0.2, 0.25) is 4.34 Å². The van der Waals surface area contributed by atoms with Crippen molar-refractivity contribution in [3.05, 3.63) is 15.5 Å². The second-order valence-electron chi connectivity index (χ2n) is 2.38. The highest BCUT2D eigenvalue weighted by Gasteiger charge is 1.97. The summed E-state index contributed by atoms with van der Waals surface area (Å²) in [4.78, 5) is 4.11. The van der Waals surface area contributed by atoms with Crippen molar-refractivity contribution >= 4 is 22.9 Å². The number of hydrogen-bond acceptors (Lipinski definition) is 4. The zero-order valence-corrected chi connectivity index (χ0v) is 8.29. The number of thiazole rings is 1. The topological polar surface area (TPSA) is 50.9 Å². The molecule has 0 unspecified atom stereocenters. The molecule has 0 saturated carbocycles. The van der Waals surface area contributed by atoms with Gasteiger partial charge in [-0.05, 0) is 19.5 Å². The minimum atomic E-state index is 0.728. The molecule has 0 aliphatic carbocycles. The summed E-state index contributed by atoms with van der Waals surface area (Å²) in [7, 11) is 0. The Balaban J connectivity index is 2.15. The van der Waals surface area contributed by atoms with Crippen LogP contribution in [0.15, 0.2) is 6.20 Å². The van der Waals surface area contributed by atoms with Gasteiger partial charge in [0.05, 0.1) is 6.20 Å². The van der Waals surface area contributed by atoms with Gasteiger partial charge in [-0.1, -0.05) is 11.6 Å². The van der Waals surface area contributed by atoms with Crippen LogP contribution in [0.1, 0.15) is 11.4 Å². The molecule has 0 radical (unpaired) electrons. The molecule has 0 atom stereocenters. The summed E-state index contributed by atoms with van der Waals surface area (Å²) in [5.41, 5.74) is 5.34. The van der Waals surface area contributed by atoms with E-state index in [0.29, 0.717) is 0 Å². The van der Waals surface area contributed by atoms with Gasteiger partial charge in [-0.15, -0.1) is 11.3 Å². The molecular weight excluding hydrogens is 194 g/mol. The zero-order chi connectivity index (χ0) is 8.81. The third-order valence-corrected chi connectivity index (χ3v) is 2.47. The van der Waals surface area contributed by atoms with E-state index < -0.39 is 0 Å². The first-order valence-corrected chi connectivity index (χ1v) is 5.03. The Morgan fingerprint density at radius 2 is 2.50 bits per heavy atom. The third kappa shape index (κ3) is 3.49. The summed E-state index contributed by atoms with van der Waals surface area (Å²) < 4.78 is 0.741. The lowest BCUT2D eigenvalue weighted by atomic mass is 10.4. The highest BCUT2D eigenvalue weighted by Crippen LogP contribution is 2.17. The molecule has 1 heterocycles. The van der Waals surface area contributed by atoms with Crippen LogP contribution in [-0.4, -0.2) is 18.1 Å². The number of nitrogens with zero attached hydrogens (tertiary/aromatic N) is 1. The van der Waals surface area contributed by atoms with Gasteiger partial charge in [0.1, 0.15) is 9.34 Å². The van der Waals surface area contributed by atoms with Crippen LogP contribution in [0.3, 0.4) is 0 Å². The Labute approximate surface area is 80.9 Å². The Hall–Kier alpha value is -0.160. The van der Waals surface area contributed by atoms with E-state index in [9.17, 15) is 0 Å². The third-order valence-electron chi connectivity index (χ3n) is 1.36. The second kappa shape index (κ2) is 5.48. The first kappa shape index (κ1) is 9.92. The van der Waals surface area contributed by atoms with Crippen LogP contribution < -0.4 is 11.1 Å². The summed E-state index contributed by atoms with van der Waals surface area (Å²) in [6, 6.07) is 0. The molecule has 3 N–H and O–H groups in total. The van der Waals surface area contributed by atoms with Gasteiger partial charge in [0.2, 0.25) is 0 Å². The quantitative estimate of drug-likeness (QED) is 0.712. The van der Waals surface area contributed by atoms with E-state index in [1.807, 2.05) is 0 Å². The van der Waals surface area contributed by atoms with Crippen molar-refractivity contribution in [1.82, 2.24) is 10.3 Å². The first-order valence-electron chi connectivity index (χ1n) is 3.84. The Bertz CT molecular complexity index is 226. The molecular formula is C7H12ClN3S. The summed E-state index contributed by atoms with van der Waals surface area (Å²) in [6.07, 6.45) is 2.67. The Morgan fingerprint density at radius 1 is 1.67 bits per heavy atom. The van der Waals surface area contributed by atoms with Crippen molar-refractivity contribution in [1.29, 1.82) is 0 Å². The molecule has 3 nitrogen and oxygen atoms in total. The molecule has 5 heteroatoms. The highest BCUT2D eigenvalue weighted by atomic mass is 35.5. The van der Waals surface area contributed by atoms with Crippen molar-refractivity contribution in [2.24, 2.45) is 5.73 Å². The predicted octanol–water partition coefficient (Wildman–Crippen LogP) is 1.23. The average Bonchev–Trinajstić information content (AvgIpc) is 2.45. The maximum atomic E-state index is 5.71. The molecule has 0 amide bonds. The van der Waals surface area contributed by atoms with Crippen molar-refractivity contribution in [3.8, 4) is 0 Å². The number of aromatic nitrogens is 1. The fraction of sp³-hybridized carbons (Fsp3) is 0.571. The summed E-state index contributed by atoms with van der Waals surface area (Å²) in [5, 5.41) is 4.25.